The normalized spacial score (nSPS) is 15.8. The Bertz CT molecular complexity index is 666. The predicted octanol–water partition coefficient (Wildman–Crippen LogP) is 1.66. The number of anilines is 1. The molecule has 6 nitrogen and oxygen atoms in total. The van der Waals surface area contributed by atoms with E-state index in [0.717, 1.165) is 11.3 Å². The first-order valence-electron chi connectivity index (χ1n) is 6.96. The number of fused-ring (bicyclic) bond motifs is 1. The quantitative estimate of drug-likeness (QED) is 0.820. The van der Waals surface area contributed by atoms with Crippen LogP contribution in [0, 0.1) is 0 Å². The maximum Gasteiger partial charge on any atom is 0.261 e. The van der Waals surface area contributed by atoms with Crippen molar-refractivity contribution in [3.8, 4) is 5.75 Å². The van der Waals surface area contributed by atoms with E-state index in [1.165, 1.54) is 0 Å². The first-order chi connectivity index (χ1) is 10.7. The second kappa shape index (κ2) is 6.62. The number of nitrogens with zero attached hydrogens (tertiary/aromatic N) is 2. The Balaban J connectivity index is 1.44. The van der Waals surface area contributed by atoms with Gasteiger partial charge in [-0.3, -0.25) is 4.79 Å². The van der Waals surface area contributed by atoms with E-state index in [2.05, 4.69) is 20.6 Å². The van der Waals surface area contributed by atoms with Crippen LogP contribution in [0.5, 0.6) is 5.75 Å². The van der Waals surface area contributed by atoms with Gasteiger partial charge in [0, 0.05) is 36.9 Å². The van der Waals surface area contributed by atoms with Crippen molar-refractivity contribution in [3.05, 3.63) is 47.2 Å². The zero-order valence-electron chi connectivity index (χ0n) is 11.8. The Kier molecular flexibility index (Phi) is 4.39. The van der Waals surface area contributed by atoms with Gasteiger partial charge in [-0.15, -0.1) is 0 Å². The molecule has 1 aliphatic heterocycles. The highest BCUT2D eigenvalue weighted by Gasteiger charge is 2.28. The number of hydrogen-bond donors (Lipinski definition) is 2. The first kappa shape index (κ1) is 14.6. The summed E-state index contributed by atoms with van der Waals surface area (Å²) in [6.45, 7) is 1.01. The lowest BCUT2D eigenvalue weighted by atomic mass is 10.1. The number of nitrogens with one attached hydrogen (secondary N) is 2. The van der Waals surface area contributed by atoms with Crippen LogP contribution in [0.1, 0.15) is 5.56 Å². The molecule has 1 aromatic heterocycles. The molecule has 22 heavy (non-hydrogen) atoms. The fourth-order valence-corrected chi connectivity index (χ4v) is 2.42. The molecular weight excluding hydrogens is 304 g/mol. The number of hydrogen-bond acceptors (Lipinski definition) is 5. The molecule has 0 spiro atoms. The minimum atomic E-state index is -0.499. The van der Waals surface area contributed by atoms with Crippen molar-refractivity contribution in [1.29, 1.82) is 0 Å². The number of carbonyl (C=O) groups is 1. The number of aromatic nitrogens is 2. The molecule has 0 saturated carbocycles. The zero-order chi connectivity index (χ0) is 15.4. The molecule has 1 atom stereocenters. The van der Waals surface area contributed by atoms with Gasteiger partial charge < -0.3 is 15.4 Å². The lowest BCUT2D eigenvalue weighted by Gasteiger charge is -2.11. The molecule has 0 fully saturated rings. The largest absolute Gasteiger partial charge is 0.480 e. The van der Waals surface area contributed by atoms with Gasteiger partial charge in [-0.1, -0.05) is 11.6 Å². The van der Waals surface area contributed by atoms with Gasteiger partial charge in [-0.05, 0) is 29.8 Å². The third-order valence-electron chi connectivity index (χ3n) is 3.26. The average molecular weight is 319 g/mol. The molecule has 7 heteroatoms. The molecular formula is C15H15ClN4O2. The highest BCUT2D eigenvalue weighted by Crippen LogP contribution is 2.30. The Morgan fingerprint density at radius 1 is 1.32 bits per heavy atom. The fourth-order valence-electron chi connectivity index (χ4n) is 2.23. The fraction of sp³-hybridized carbons (Fsp3) is 0.267. The van der Waals surface area contributed by atoms with Crippen LogP contribution in [0.2, 0.25) is 5.02 Å². The lowest BCUT2D eigenvalue weighted by Crippen LogP contribution is -2.39. The molecule has 0 saturated heterocycles. The van der Waals surface area contributed by atoms with Gasteiger partial charge >= 0.3 is 0 Å². The number of amides is 1. The van der Waals surface area contributed by atoms with E-state index in [4.69, 9.17) is 16.3 Å². The smallest absolute Gasteiger partial charge is 0.261 e. The van der Waals surface area contributed by atoms with Crippen LogP contribution in [0.15, 0.2) is 36.7 Å². The molecule has 1 amide bonds. The summed E-state index contributed by atoms with van der Waals surface area (Å²) in [5.41, 5.74) is 0.962. The summed E-state index contributed by atoms with van der Waals surface area (Å²) in [6.07, 6.45) is 3.35. The third kappa shape index (κ3) is 3.46. The van der Waals surface area contributed by atoms with Crippen LogP contribution < -0.4 is 15.4 Å². The van der Waals surface area contributed by atoms with Crippen LogP contribution >= 0.6 is 11.6 Å². The molecule has 1 aliphatic rings. The first-order valence-corrected chi connectivity index (χ1v) is 7.34. The van der Waals surface area contributed by atoms with E-state index in [1.807, 2.05) is 6.07 Å². The summed E-state index contributed by atoms with van der Waals surface area (Å²) in [5.74, 6) is 1.12. The Labute approximate surface area is 132 Å². The minimum Gasteiger partial charge on any atom is -0.480 e. The maximum atomic E-state index is 12.1. The third-order valence-corrected chi connectivity index (χ3v) is 3.50. The summed E-state index contributed by atoms with van der Waals surface area (Å²) in [5, 5.41) is 6.50. The molecule has 0 unspecified atom stereocenters. The summed E-state index contributed by atoms with van der Waals surface area (Å²) in [6, 6.07) is 7.12. The summed E-state index contributed by atoms with van der Waals surface area (Å²) in [7, 11) is 0. The van der Waals surface area contributed by atoms with E-state index in [1.54, 1.807) is 30.6 Å². The molecule has 0 radical (unpaired) electrons. The van der Waals surface area contributed by atoms with Crippen molar-refractivity contribution in [3.63, 3.8) is 0 Å². The number of benzene rings is 1. The lowest BCUT2D eigenvalue weighted by molar-refractivity contribution is -0.127. The molecule has 0 aliphatic carbocycles. The van der Waals surface area contributed by atoms with Crippen molar-refractivity contribution >= 4 is 23.5 Å². The van der Waals surface area contributed by atoms with Gasteiger partial charge in [-0.25, -0.2) is 9.97 Å². The summed E-state index contributed by atoms with van der Waals surface area (Å²) in [4.78, 5) is 20.2. The molecule has 3 rings (SSSR count). The van der Waals surface area contributed by atoms with E-state index in [0.29, 0.717) is 30.5 Å². The monoisotopic (exact) mass is 318 g/mol. The van der Waals surface area contributed by atoms with Gasteiger partial charge in [0.15, 0.2) is 6.10 Å². The zero-order valence-corrected chi connectivity index (χ0v) is 12.5. The number of halogens is 1. The highest BCUT2D eigenvalue weighted by molar-refractivity contribution is 6.30. The Hall–Kier alpha value is -2.34. The average Bonchev–Trinajstić information content (AvgIpc) is 2.95. The van der Waals surface area contributed by atoms with Crippen LogP contribution in [0.3, 0.4) is 0 Å². The van der Waals surface area contributed by atoms with Gasteiger partial charge in [0.1, 0.15) is 5.75 Å². The number of rotatable bonds is 5. The van der Waals surface area contributed by atoms with Crippen LogP contribution in [-0.2, 0) is 11.2 Å². The second-order valence-electron chi connectivity index (χ2n) is 4.85. The SMILES string of the molecule is O=C(NCCNc1ncccn1)[C@H]1Cc2cc(Cl)ccc2O1. The van der Waals surface area contributed by atoms with Crippen molar-refractivity contribution in [2.45, 2.75) is 12.5 Å². The van der Waals surface area contributed by atoms with Gasteiger partial charge in [0.2, 0.25) is 5.95 Å². The van der Waals surface area contributed by atoms with E-state index in [-0.39, 0.29) is 5.91 Å². The number of carbonyl (C=O) groups excluding carboxylic acids is 1. The molecule has 2 N–H and O–H groups in total. The van der Waals surface area contributed by atoms with Crippen molar-refractivity contribution < 1.29 is 9.53 Å². The Morgan fingerprint density at radius 2 is 2.14 bits per heavy atom. The molecule has 114 valence electrons. The maximum absolute atomic E-state index is 12.1. The van der Waals surface area contributed by atoms with Crippen molar-refractivity contribution in [2.75, 3.05) is 18.4 Å². The second-order valence-corrected chi connectivity index (χ2v) is 5.29. The summed E-state index contributed by atoms with van der Waals surface area (Å²) < 4.78 is 5.62. The van der Waals surface area contributed by atoms with Crippen molar-refractivity contribution in [2.24, 2.45) is 0 Å². The minimum absolute atomic E-state index is 0.136. The van der Waals surface area contributed by atoms with E-state index < -0.39 is 6.10 Å². The Morgan fingerprint density at radius 3 is 2.95 bits per heavy atom. The standard InChI is InChI=1S/C15H15ClN4O2/c16-11-2-3-12-10(8-11)9-13(22-12)14(21)17-6-7-20-15-18-4-1-5-19-15/h1-5,8,13H,6-7,9H2,(H,17,21)(H,18,19,20)/t13-/m1/s1. The van der Waals surface area contributed by atoms with Crippen LogP contribution in [0.25, 0.3) is 0 Å². The summed E-state index contributed by atoms with van der Waals surface area (Å²) >= 11 is 5.94. The van der Waals surface area contributed by atoms with E-state index in [9.17, 15) is 4.79 Å². The van der Waals surface area contributed by atoms with Crippen molar-refractivity contribution in [1.82, 2.24) is 15.3 Å². The van der Waals surface area contributed by atoms with E-state index >= 15 is 0 Å². The molecule has 1 aromatic carbocycles. The number of ether oxygens (including phenoxy) is 1. The van der Waals surface area contributed by atoms with Gasteiger partial charge in [-0.2, -0.15) is 0 Å². The molecule has 0 bridgehead atoms. The van der Waals surface area contributed by atoms with Gasteiger partial charge in [0.05, 0.1) is 0 Å². The molecule has 2 heterocycles. The highest BCUT2D eigenvalue weighted by atomic mass is 35.5. The van der Waals surface area contributed by atoms with Crippen LogP contribution in [0.4, 0.5) is 5.95 Å². The predicted molar refractivity (Wildman–Crippen MR) is 83.1 cm³/mol. The van der Waals surface area contributed by atoms with Crippen LogP contribution in [-0.4, -0.2) is 35.1 Å². The molecule has 2 aromatic rings. The topological polar surface area (TPSA) is 76.1 Å². The van der Waals surface area contributed by atoms with Gasteiger partial charge in [0.25, 0.3) is 5.91 Å².